The molecule has 2 aliphatic rings. The van der Waals surface area contributed by atoms with E-state index in [2.05, 4.69) is 5.32 Å². The summed E-state index contributed by atoms with van der Waals surface area (Å²) in [6.45, 7) is 6.00. The van der Waals surface area contributed by atoms with Crippen molar-refractivity contribution in [3.63, 3.8) is 0 Å². The summed E-state index contributed by atoms with van der Waals surface area (Å²) in [5, 5.41) is 10.3. The van der Waals surface area contributed by atoms with Gasteiger partial charge in [-0.05, 0) is 32.9 Å². The lowest BCUT2D eigenvalue weighted by Gasteiger charge is -2.30. The second-order valence-electron chi connectivity index (χ2n) is 8.70. The number of carboxylic acid groups (broad SMARTS) is 1. The highest BCUT2D eigenvalue weighted by Crippen LogP contribution is 2.43. The van der Waals surface area contributed by atoms with Gasteiger partial charge in [0.1, 0.15) is 5.54 Å². The SMILES string of the molecule is CCN(C[C@H]1N[C@@](C)(C(=O)OC)[C@H]2C(=O)N(C)C(=O)[C@@H]12)C(=O)c1ccc(C)cc1.O=C(O)C(F)(F)F. The largest absolute Gasteiger partial charge is 0.490 e. The molecule has 2 saturated heterocycles. The van der Waals surface area contributed by atoms with Crippen LogP contribution in [0.25, 0.3) is 0 Å². The van der Waals surface area contributed by atoms with E-state index in [1.54, 1.807) is 24.0 Å². The van der Waals surface area contributed by atoms with E-state index in [9.17, 15) is 32.3 Å². The molecule has 2 heterocycles. The van der Waals surface area contributed by atoms with Crippen LogP contribution in [-0.4, -0.2) is 89.6 Å². The normalized spacial score (nSPS) is 25.1. The van der Waals surface area contributed by atoms with E-state index in [-0.39, 0.29) is 18.4 Å². The molecule has 0 radical (unpaired) electrons. The van der Waals surface area contributed by atoms with Crippen LogP contribution in [0, 0.1) is 18.8 Å². The highest BCUT2D eigenvalue weighted by Gasteiger charge is 2.66. The summed E-state index contributed by atoms with van der Waals surface area (Å²) in [6, 6.07) is 6.73. The minimum atomic E-state index is -5.08. The second kappa shape index (κ2) is 10.6. The van der Waals surface area contributed by atoms with E-state index in [1.807, 2.05) is 26.0 Å². The molecule has 1 aromatic carbocycles. The van der Waals surface area contributed by atoms with Crippen molar-refractivity contribution in [2.45, 2.75) is 38.5 Å². The van der Waals surface area contributed by atoms with Crippen LogP contribution in [0.3, 0.4) is 0 Å². The molecule has 0 bridgehead atoms. The Morgan fingerprint density at radius 1 is 1.17 bits per heavy atom. The zero-order valence-electron chi connectivity index (χ0n) is 20.4. The van der Waals surface area contributed by atoms with Gasteiger partial charge in [-0.2, -0.15) is 13.2 Å². The number of aliphatic carboxylic acids is 1. The zero-order valence-corrected chi connectivity index (χ0v) is 20.4. The van der Waals surface area contributed by atoms with Crippen LogP contribution in [0.1, 0.15) is 29.8 Å². The number of carboxylic acids is 1. The number of ether oxygens (including phenoxy) is 1. The van der Waals surface area contributed by atoms with Crippen LogP contribution >= 0.6 is 0 Å². The molecule has 36 heavy (non-hydrogen) atoms. The van der Waals surface area contributed by atoms with E-state index < -0.39 is 47.4 Å². The van der Waals surface area contributed by atoms with Crippen LogP contribution in [0.5, 0.6) is 0 Å². The van der Waals surface area contributed by atoms with E-state index in [0.717, 1.165) is 10.5 Å². The van der Waals surface area contributed by atoms with E-state index in [0.29, 0.717) is 12.1 Å². The Balaban J connectivity index is 0.000000572. The number of benzene rings is 1. The van der Waals surface area contributed by atoms with Crippen LogP contribution in [0.15, 0.2) is 24.3 Å². The summed E-state index contributed by atoms with van der Waals surface area (Å²) in [6.07, 6.45) is -5.08. The van der Waals surface area contributed by atoms with Gasteiger partial charge in [-0.15, -0.1) is 0 Å². The first-order valence-electron chi connectivity index (χ1n) is 10.9. The van der Waals surface area contributed by atoms with Crippen molar-refractivity contribution in [2.75, 3.05) is 27.2 Å². The molecule has 0 unspecified atom stereocenters. The summed E-state index contributed by atoms with van der Waals surface area (Å²) in [4.78, 5) is 62.5. The summed E-state index contributed by atoms with van der Waals surface area (Å²) < 4.78 is 36.6. The second-order valence-corrected chi connectivity index (χ2v) is 8.70. The van der Waals surface area contributed by atoms with Gasteiger partial charge in [0.05, 0.1) is 18.9 Å². The number of carbonyl (C=O) groups excluding carboxylic acids is 4. The molecule has 198 valence electrons. The van der Waals surface area contributed by atoms with Crippen LogP contribution in [-0.2, 0) is 23.9 Å². The van der Waals surface area contributed by atoms with Gasteiger partial charge in [-0.1, -0.05) is 17.7 Å². The number of fused-ring (bicyclic) bond motifs is 1. The molecule has 2 fully saturated rings. The number of hydrogen-bond donors (Lipinski definition) is 2. The van der Waals surface area contributed by atoms with Crippen LogP contribution < -0.4 is 5.32 Å². The number of halogens is 3. The molecule has 0 aromatic heterocycles. The number of likely N-dealkylation sites (N-methyl/N-ethyl adjacent to an activating group) is 1. The topological polar surface area (TPSA) is 133 Å². The standard InChI is InChI=1S/C21H27N3O5.C2HF3O2/c1-6-24(17(25)13-9-7-12(2)8-10-13)11-14-15-16(19(27)23(4)18(15)26)21(3,22-14)20(28)29-5;3-2(4,5)1(6)7/h7-10,14-16,22H,6,11H2,1-5H3;(H,6,7)/t14-,15+,16-,21-;/m1./s1. The molecular formula is C23H28F3N3O7. The Kier molecular flexibility index (Phi) is 8.50. The molecule has 2 N–H and O–H groups in total. The van der Waals surface area contributed by atoms with E-state index in [4.69, 9.17) is 14.6 Å². The lowest BCUT2D eigenvalue weighted by atomic mass is 9.81. The molecular weight excluding hydrogens is 487 g/mol. The third-order valence-electron chi connectivity index (χ3n) is 6.35. The van der Waals surface area contributed by atoms with Crippen molar-refractivity contribution in [1.29, 1.82) is 0 Å². The Morgan fingerprint density at radius 2 is 1.69 bits per heavy atom. The first kappa shape index (κ1) is 28.8. The number of methoxy groups -OCH3 is 1. The highest BCUT2D eigenvalue weighted by atomic mass is 19.4. The van der Waals surface area contributed by atoms with Crippen molar-refractivity contribution in [2.24, 2.45) is 11.8 Å². The third kappa shape index (κ3) is 5.50. The maximum absolute atomic E-state index is 13.0. The number of nitrogens with zero attached hydrogens (tertiary/aromatic N) is 2. The van der Waals surface area contributed by atoms with Gasteiger partial charge in [-0.25, -0.2) is 4.79 Å². The average Bonchev–Trinajstić information content (AvgIpc) is 3.24. The Hall–Kier alpha value is -3.48. The average molecular weight is 515 g/mol. The predicted molar refractivity (Wildman–Crippen MR) is 119 cm³/mol. The first-order chi connectivity index (χ1) is 16.6. The van der Waals surface area contributed by atoms with Gasteiger partial charge < -0.3 is 14.7 Å². The molecule has 0 saturated carbocycles. The minimum Gasteiger partial charge on any atom is -0.475 e. The number of aryl methyl sites for hydroxylation is 1. The van der Waals surface area contributed by atoms with E-state index >= 15 is 0 Å². The van der Waals surface area contributed by atoms with Gasteiger partial charge >= 0.3 is 18.1 Å². The van der Waals surface area contributed by atoms with Gasteiger partial charge in [0.2, 0.25) is 11.8 Å². The number of amides is 3. The van der Waals surface area contributed by atoms with Crippen molar-refractivity contribution in [3.8, 4) is 0 Å². The van der Waals surface area contributed by atoms with Crippen LogP contribution in [0.2, 0.25) is 0 Å². The minimum absolute atomic E-state index is 0.164. The Bertz CT molecular complexity index is 1040. The number of hydrogen-bond acceptors (Lipinski definition) is 7. The fraction of sp³-hybridized carbons (Fsp3) is 0.522. The number of alkyl halides is 3. The summed E-state index contributed by atoms with van der Waals surface area (Å²) >= 11 is 0. The number of imide groups is 1. The molecule has 10 nitrogen and oxygen atoms in total. The smallest absolute Gasteiger partial charge is 0.475 e. The molecule has 2 aliphatic heterocycles. The number of rotatable bonds is 5. The summed E-state index contributed by atoms with van der Waals surface area (Å²) in [7, 11) is 2.68. The predicted octanol–water partition coefficient (Wildman–Crippen LogP) is 1.22. The molecule has 1 aromatic rings. The molecule has 0 spiro atoms. The summed E-state index contributed by atoms with van der Waals surface area (Å²) in [5.41, 5.74) is 0.277. The third-order valence-corrected chi connectivity index (χ3v) is 6.35. The van der Waals surface area contributed by atoms with E-state index in [1.165, 1.54) is 14.2 Å². The fourth-order valence-corrected chi connectivity index (χ4v) is 4.44. The number of nitrogens with one attached hydrogen (secondary N) is 1. The highest BCUT2D eigenvalue weighted by molar-refractivity contribution is 6.09. The van der Waals surface area contributed by atoms with Gasteiger partial charge in [0.25, 0.3) is 5.91 Å². The monoisotopic (exact) mass is 515 g/mol. The molecule has 4 atom stereocenters. The van der Waals surface area contributed by atoms with Crippen molar-refractivity contribution in [1.82, 2.24) is 15.1 Å². The maximum Gasteiger partial charge on any atom is 0.490 e. The Labute approximate surface area is 205 Å². The molecule has 13 heteroatoms. The van der Waals surface area contributed by atoms with Crippen molar-refractivity contribution in [3.05, 3.63) is 35.4 Å². The zero-order chi connectivity index (χ0) is 27.6. The van der Waals surface area contributed by atoms with Crippen molar-refractivity contribution >= 4 is 29.7 Å². The van der Waals surface area contributed by atoms with Gasteiger partial charge in [0.15, 0.2) is 0 Å². The quantitative estimate of drug-likeness (QED) is 0.442. The summed E-state index contributed by atoms with van der Waals surface area (Å²) in [5.74, 6) is -5.85. The maximum atomic E-state index is 13.0. The fourth-order valence-electron chi connectivity index (χ4n) is 4.44. The molecule has 3 rings (SSSR count). The molecule has 0 aliphatic carbocycles. The molecule has 3 amide bonds. The first-order valence-corrected chi connectivity index (χ1v) is 10.9. The van der Waals surface area contributed by atoms with Gasteiger partial charge in [-0.3, -0.25) is 29.4 Å². The van der Waals surface area contributed by atoms with Crippen LogP contribution in [0.4, 0.5) is 13.2 Å². The lowest BCUT2D eigenvalue weighted by Crippen LogP contribution is -2.56. The lowest BCUT2D eigenvalue weighted by molar-refractivity contribution is -0.192. The van der Waals surface area contributed by atoms with Crippen molar-refractivity contribution < 1.29 is 47.0 Å². The number of likely N-dealkylation sites (tertiary alicyclic amines) is 1. The van der Waals surface area contributed by atoms with Gasteiger partial charge in [0, 0.05) is 31.7 Å². The Morgan fingerprint density at radius 3 is 2.14 bits per heavy atom. The number of esters is 1. The number of carbonyl (C=O) groups is 5.